The lowest BCUT2D eigenvalue weighted by Crippen LogP contribution is -2.46. The molecule has 0 spiro atoms. The zero-order chi connectivity index (χ0) is 22.3. The molecular weight excluding hydrogens is 414 g/mol. The van der Waals surface area contributed by atoms with Gasteiger partial charge in [-0.25, -0.2) is 8.42 Å². The number of piperidine rings is 1. The van der Waals surface area contributed by atoms with E-state index < -0.39 is 10.0 Å². The molecule has 1 aliphatic rings. The minimum Gasteiger partial charge on any atom is -0.353 e. The summed E-state index contributed by atoms with van der Waals surface area (Å²) in [4.78, 5) is 23.9. The number of amides is 2. The molecule has 2 aromatic rings. The van der Waals surface area contributed by atoms with E-state index in [9.17, 15) is 18.0 Å². The molecule has 1 aliphatic heterocycles. The number of aryl methyl sites for hydroxylation is 1. The summed E-state index contributed by atoms with van der Waals surface area (Å²) in [7, 11) is -3.60. The number of rotatable bonds is 8. The summed E-state index contributed by atoms with van der Waals surface area (Å²) in [5, 5.41) is 5.74. The van der Waals surface area contributed by atoms with E-state index >= 15 is 0 Å². The van der Waals surface area contributed by atoms with E-state index in [0.717, 1.165) is 5.56 Å². The third-order valence-electron chi connectivity index (χ3n) is 5.40. The van der Waals surface area contributed by atoms with Gasteiger partial charge in [-0.2, -0.15) is 4.31 Å². The lowest BCUT2D eigenvalue weighted by Gasteiger charge is -2.31. The Morgan fingerprint density at radius 3 is 2.23 bits per heavy atom. The third-order valence-corrected chi connectivity index (χ3v) is 7.31. The van der Waals surface area contributed by atoms with E-state index in [1.54, 1.807) is 19.1 Å². The first-order valence-corrected chi connectivity index (χ1v) is 12.1. The second-order valence-electron chi connectivity index (χ2n) is 7.66. The highest BCUT2D eigenvalue weighted by Crippen LogP contribution is 2.22. The molecular formula is C23H29N3O4S. The Balaban J connectivity index is 1.49. The summed E-state index contributed by atoms with van der Waals surface area (Å²) in [5.41, 5.74) is 1.70. The van der Waals surface area contributed by atoms with Crippen molar-refractivity contribution >= 4 is 27.5 Å². The Morgan fingerprint density at radius 2 is 1.61 bits per heavy atom. The maximum atomic E-state index is 12.9. The summed E-state index contributed by atoms with van der Waals surface area (Å²) in [5.74, 6) is -0.127. The molecule has 2 amide bonds. The van der Waals surface area contributed by atoms with Gasteiger partial charge in [0.1, 0.15) is 0 Å². The number of nitrogens with zero attached hydrogens (tertiary/aromatic N) is 1. The number of hydrogen-bond donors (Lipinski definition) is 2. The number of hydrogen-bond acceptors (Lipinski definition) is 4. The summed E-state index contributed by atoms with van der Waals surface area (Å²) in [6.07, 6.45) is 2.64. The van der Waals surface area contributed by atoms with Crippen LogP contribution in [-0.4, -0.2) is 43.7 Å². The van der Waals surface area contributed by atoms with E-state index in [1.165, 1.54) is 16.4 Å². The normalized spacial score (nSPS) is 15.4. The van der Waals surface area contributed by atoms with Crippen LogP contribution in [0, 0.1) is 0 Å². The molecule has 0 radical (unpaired) electrons. The van der Waals surface area contributed by atoms with Gasteiger partial charge in [-0.05, 0) is 49.1 Å². The third kappa shape index (κ3) is 6.38. The number of carbonyl (C=O) groups excluding carboxylic acids is 2. The summed E-state index contributed by atoms with van der Waals surface area (Å²) >= 11 is 0. The molecule has 31 heavy (non-hydrogen) atoms. The first-order chi connectivity index (χ1) is 14.9. The van der Waals surface area contributed by atoms with Crippen molar-refractivity contribution in [1.29, 1.82) is 0 Å². The van der Waals surface area contributed by atoms with Crippen molar-refractivity contribution in [3.8, 4) is 0 Å². The van der Waals surface area contributed by atoms with Crippen molar-refractivity contribution < 1.29 is 18.0 Å². The predicted molar refractivity (Wildman–Crippen MR) is 120 cm³/mol. The lowest BCUT2D eigenvalue weighted by molar-refractivity contribution is -0.122. The van der Waals surface area contributed by atoms with Crippen molar-refractivity contribution in [2.45, 2.75) is 50.0 Å². The van der Waals surface area contributed by atoms with Crippen molar-refractivity contribution in [3.05, 3.63) is 60.2 Å². The Kier molecular flexibility index (Phi) is 7.81. The van der Waals surface area contributed by atoms with Crippen LogP contribution in [0.5, 0.6) is 0 Å². The molecule has 1 saturated heterocycles. The summed E-state index contributed by atoms with van der Waals surface area (Å²) in [6, 6.07) is 16.1. The van der Waals surface area contributed by atoms with Crippen LogP contribution in [0.4, 0.5) is 5.69 Å². The summed E-state index contributed by atoms with van der Waals surface area (Å²) in [6.45, 7) is 2.48. The minimum atomic E-state index is -3.60. The smallest absolute Gasteiger partial charge is 0.243 e. The molecule has 8 heteroatoms. The quantitative estimate of drug-likeness (QED) is 0.656. The highest BCUT2D eigenvalue weighted by atomic mass is 32.2. The van der Waals surface area contributed by atoms with Gasteiger partial charge >= 0.3 is 0 Å². The van der Waals surface area contributed by atoms with Crippen molar-refractivity contribution in [2.24, 2.45) is 0 Å². The van der Waals surface area contributed by atoms with Crippen LogP contribution in [0.1, 0.15) is 38.2 Å². The molecule has 0 bridgehead atoms. The van der Waals surface area contributed by atoms with Crippen LogP contribution in [0.3, 0.4) is 0 Å². The lowest BCUT2D eigenvalue weighted by atomic mass is 10.1. The van der Waals surface area contributed by atoms with E-state index in [1.807, 2.05) is 30.3 Å². The molecule has 0 aromatic heterocycles. The molecule has 1 heterocycles. The van der Waals surface area contributed by atoms with Crippen LogP contribution >= 0.6 is 0 Å². The largest absolute Gasteiger partial charge is 0.353 e. The molecule has 3 rings (SSSR count). The Morgan fingerprint density at radius 1 is 0.968 bits per heavy atom. The molecule has 0 aliphatic carbocycles. The Hall–Kier alpha value is -2.71. The molecule has 0 unspecified atom stereocenters. The van der Waals surface area contributed by atoms with Crippen LogP contribution in [-0.2, 0) is 26.0 Å². The molecule has 2 aromatic carbocycles. The zero-order valence-corrected chi connectivity index (χ0v) is 18.5. The molecule has 7 nitrogen and oxygen atoms in total. The van der Waals surface area contributed by atoms with E-state index in [2.05, 4.69) is 10.6 Å². The maximum absolute atomic E-state index is 12.9. The van der Waals surface area contributed by atoms with Gasteiger partial charge in [0.15, 0.2) is 0 Å². The topological polar surface area (TPSA) is 95.6 Å². The standard InChI is InChI=1S/C23H29N3O4S/c1-2-22(27)24-19-9-11-21(12-10-19)31(29,30)26-16-14-20(15-17-26)25-23(28)13-8-18-6-4-3-5-7-18/h3-7,9-12,20H,2,8,13-17H2,1H3,(H,24,27)(H,25,28). The first-order valence-electron chi connectivity index (χ1n) is 10.6. The Bertz CT molecular complexity index is 983. The van der Waals surface area contributed by atoms with E-state index in [0.29, 0.717) is 50.9 Å². The van der Waals surface area contributed by atoms with Crippen molar-refractivity contribution in [1.82, 2.24) is 9.62 Å². The molecule has 0 saturated carbocycles. The van der Waals surface area contributed by atoms with Gasteiger partial charge in [0.2, 0.25) is 21.8 Å². The monoisotopic (exact) mass is 443 g/mol. The average Bonchev–Trinajstić information content (AvgIpc) is 2.79. The van der Waals surface area contributed by atoms with Gasteiger partial charge in [0.05, 0.1) is 4.90 Å². The SMILES string of the molecule is CCC(=O)Nc1ccc(S(=O)(=O)N2CCC(NC(=O)CCc3ccccc3)CC2)cc1. The van der Waals surface area contributed by atoms with Crippen LogP contribution in [0.25, 0.3) is 0 Å². The van der Waals surface area contributed by atoms with Crippen LogP contribution in [0.2, 0.25) is 0 Å². The molecule has 166 valence electrons. The number of anilines is 1. The fourth-order valence-corrected chi connectivity index (χ4v) is 5.02. The Labute approximate surface area is 183 Å². The number of sulfonamides is 1. The van der Waals surface area contributed by atoms with Gasteiger partial charge in [0, 0.05) is 37.7 Å². The minimum absolute atomic E-state index is 0.00475. The van der Waals surface area contributed by atoms with Gasteiger partial charge in [-0.15, -0.1) is 0 Å². The van der Waals surface area contributed by atoms with E-state index in [4.69, 9.17) is 0 Å². The second-order valence-corrected chi connectivity index (χ2v) is 9.60. The number of nitrogens with one attached hydrogen (secondary N) is 2. The second kappa shape index (κ2) is 10.5. The highest BCUT2D eigenvalue weighted by Gasteiger charge is 2.29. The number of benzene rings is 2. The fourth-order valence-electron chi connectivity index (χ4n) is 3.55. The molecule has 0 atom stereocenters. The van der Waals surface area contributed by atoms with Crippen LogP contribution < -0.4 is 10.6 Å². The van der Waals surface area contributed by atoms with Crippen LogP contribution in [0.15, 0.2) is 59.5 Å². The van der Waals surface area contributed by atoms with Crippen molar-refractivity contribution in [3.63, 3.8) is 0 Å². The number of carbonyl (C=O) groups is 2. The zero-order valence-electron chi connectivity index (χ0n) is 17.7. The van der Waals surface area contributed by atoms with Crippen molar-refractivity contribution in [2.75, 3.05) is 18.4 Å². The van der Waals surface area contributed by atoms with Gasteiger partial charge in [-0.1, -0.05) is 37.3 Å². The molecule has 2 N–H and O–H groups in total. The van der Waals surface area contributed by atoms with E-state index in [-0.39, 0.29) is 22.8 Å². The van der Waals surface area contributed by atoms with Gasteiger partial charge in [-0.3, -0.25) is 9.59 Å². The first kappa shape index (κ1) is 23.0. The van der Waals surface area contributed by atoms with Gasteiger partial charge < -0.3 is 10.6 Å². The highest BCUT2D eigenvalue weighted by molar-refractivity contribution is 7.89. The predicted octanol–water partition coefficient (Wildman–Crippen LogP) is 2.94. The fraction of sp³-hybridized carbons (Fsp3) is 0.391. The average molecular weight is 444 g/mol. The van der Waals surface area contributed by atoms with Gasteiger partial charge in [0.25, 0.3) is 0 Å². The maximum Gasteiger partial charge on any atom is 0.243 e. The molecule has 1 fully saturated rings. The summed E-state index contributed by atoms with van der Waals surface area (Å²) < 4.78 is 27.3.